The van der Waals surface area contributed by atoms with Crippen molar-refractivity contribution in [2.24, 2.45) is 68.0 Å². The third-order valence-electron chi connectivity index (χ3n) is 15.6. The largest absolute Gasteiger partial charge is 0.481 e. The fraction of sp³-hybridized carbons (Fsp3) is 0.846. The summed E-state index contributed by atoms with van der Waals surface area (Å²) in [5, 5.41) is 19.3. The highest BCUT2D eigenvalue weighted by molar-refractivity contribution is 5.89. The predicted molar refractivity (Wildman–Crippen MR) is 177 cm³/mol. The SMILES string of the molecule is C=C(C)C1CC[C@]2(C(=O)CC(C)C(=O)O)CC[C@]3(C)C(CC[C@@H]4[C@@]5(C)C[C@H](OC(=O)CC(C)(C)C(=O)O)C(C)(C)[C@@H]5CC[C@]43C)C12. The molecule has 0 aliphatic heterocycles. The highest BCUT2D eigenvalue weighted by atomic mass is 16.5. The summed E-state index contributed by atoms with van der Waals surface area (Å²) in [4.78, 5) is 50.8. The molecule has 46 heavy (non-hydrogen) atoms. The van der Waals surface area contributed by atoms with E-state index in [9.17, 15) is 29.4 Å². The molecular weight excluding hydrogens is 580 g/mol. The molecule has 0 saturated heterocycles. The molecule has 0 spiro atoms. The summed E-state index contributed by atoms with van der Waals surface area (Å²) in [7, 11) is 0. The Hall–Kier alpha value is -2.18. The van der Waals surface area contributed by atoms with Crippen molar-refractivity contribution in [2.45, 2.75) is 139 Å². The number of Topliss-reactive ketones (excluding diaryl/α,β-unsaturated/α-hetero) is 1. The van der Waals surface area contributed by atoms with Crippen molar-refractivity contribution in [3.05, 3.63) is 12.2 Å². The average molecular weight is 641 g/mol. The van der Waals surface area contributed by atoms with Gasteiger partial charge in [0.15, 0.2) is 0 Å². The molecule has 4 unspecified atom stereocenters. The van der Waals surface area contributed by atoms with Crippen LogP contribution in [0.15, 0.2) is 12.2 Å². The van der Waals surface area contributed by atoms with Crippen LogP contribution in [0, 0.1) is 68.0 Å². The molecule has 0 amide bonds. The first kappa shape index (κ1) is 35.1. The molecule has 0 aromatic rings. The molecule has 5 aliphatic rings. The van der Waals surface area contributed by atoms with E-state index in [4.69, 9.17) is 4.74 Å². The van der Waals surface area contributed by atoms with Gasteiger partial charge in [-0.1, -0.05) is 53.7 Å². The standard InChI is InChI=1S/C39H60O7/c1-22(2)24-13-16-39(28(40)19-23(3)32(42)43)18-17-37(9)25(31(24)39)11-12-27-36(8)20-29(46-30(41)21-34(4,5)33(44)45)35(6,7)26(36)14-15-38(27,37)10/h23-27,29,31H,1,11-21H2,2-10H3,(H,42,43)(H,44,45)/t23?,24?,25?,26-,27+,29-,31?,36-,37+,38+,39+/m0/s1. The van der Waals surface area contributed by atoms with Crippen LogP contribution in [0.3, 0.4) is 0 Å². The molecule has 2 N–H and O–H groups in total. The van der Waals surface area contributed by atoms with Crippen molar-refractivity contribution in [1.82, 2.24) is 0 Å². The zero-order valence-corrected chi connectivity index (χ0v) is 30.0. The molecule has 7 nitrogen and oxygen atoms in total. The summed E-state index contributed by atoms with van der Waals surface area (Å²) in [6.07, 6.45) is 8.37. The molecule has 0 aromatic heterocycles. The molecule has 0 aromatic carbocycles. The minimum absolute atomic E-state index is 0.0253. The Morgan fingerprint density at radius 2 is 1.54 bits per heavy atom. The molecule has 5 rings (SSSR count). The van der Waals surface area contributed by atoms with Crippen LogP contribution in [0.25, 0.3) is 0 Å². The van der Waals surface area contributed by atoms with Crippen molar-refractivity contribution < 1.29 is 34.1 Å². The maximum absolute atomic E-state index is 14.2. The maximum atomic E-state index is 14.2. The number of esters is 1. The van der Waals surface area contributed by atoms with E-state index in [1.54, 1.807) is 20.8 Å². The minimum atomic E-state index is -1.17. The van der Waals surface area contributed by atoms with Crippen LogP contribution in [0.1, 0.15) is 133 Å². The van der Waals surface area contributed by atoms with E-state index in [0.29, 0.717) is 17.8 Å². The number of carbonyl (C=O) groups is 4. The number of carboxylic acids is 2. The van der Waals surface area contributed by atoms with Gasteiger partial charge in [-0.3, -0.25) is 19.2 Å². The van der Waals surface area contributed by atoms with Gasteiger partial charge in [-0.05, 0) is 124 Å². The number of fused-ring (bicyclic) bond motifs is 7. The number of aliphatic carboxylic acids is 2. The van der Waals surface area contributed by atoms with Gasteiger partial charge >= 0.3 is 17.9 Å². The summed E-state index contributed by atoms with van der Waals surface area (Å²) in [6.45, 7) is 23.3. The Morgan fingerprint density at radius 3 is 2.13 bits per heavy atom. The summed E-state index contributed by atoms with van der Waals surface area (Å²) in [5.41, 5.74) is -0.642. The van der Waals surface area contributed by atoms with Crippen LogP contribution in [-0.2, 0) is 23.9 Å². The average Bonchev–Trinajstić information content (AvgIpc) is 3.42. The van der Waals surface area contributed by atoms with Gasteiger partial charge in [0.05, 0.1) is 17.8 Å². The smallest absolute Gasteiger partial charge is 0.309 e. The lowest BCUT2D eigenvalue weighted by atomic mass is 9.34. The molecule has 11 atom stereocenters. The highest BCUT2D eigenvalue weighted by Crippen LogP contribution is 2.78. The van der Waals surface area contributed by atoms with Crippen molar-refractivity contribution in [3.8, 4) is 0 Å². The first-order valence-electron chi connectivity index (χ1n) is 17.9. The fourth-order valence-corrected chi connectivity index (χ4v) is 12.8. The van der Waals surface area contributed by atoms with Gasteiger partial charge in [-0.15, -0.1) is 0 Å². The van der Waals surface area contributed by atoms with Crippen molar-refractivity contribution >= 4 is 23.7 Å². The van der Waals surface area contributed by atoms with Gasteiger partial charge in [0.1, 0.15) is 11.9 Å². The van der Waals surface area contributed by atoms with Crippen LogP contribution in [-0.4, -0.2) is 40.0 Å². The molecule has 7 heteroatoms. The van der Waals surface area contributed by atoms with E-state index in [1.165, 1.54) is 0 Å². The summed E-state index contributed by atoms with van der Waals surface area (Å²) in [5.74, 6) is -1.15. The van der Waals surface area contributed by atoms with Gasteiger partial charge in [0, 0.05) is 17.3 Å². The van der Waals surface area contributed by atoms with Crippen LogP contribution in [0.4, 0.5) is 0 Å². The highest BCUT2D eigenvalue weighted by Gasteiger charge is 2.73. The summed E-state index contributed by atoms with van der Waals surface area (Å²) in [6, 6.07) is 0. The lowest BCUT2D eigenvalue weighted by Crippen LogP contribution is -2.64. The lowest BCUT2D eigenvalue weighted by Gasteiger charge is -2.70. The first-order valence-corrected chi connectivity index (χ1v) is 17.9. The van der Waals surface area contributed by atoms with Crippen molar-refractivity contribution in [1.29, 1.82) is 0 Å². The second-order valence-electron chi connectivity index (χ2n) is 18.6. The maximum Gasteiger partial charge on any atom is 0.309 e. The number of carbonyl (C=O) groups excluding carboxylic acids is 2. The van der Waals surface area contributed by atoms with E-state index >= 15 is 0 Å². The number of ketones is 1. The third-order valence-corrected chi connectivity index (χ3v) is 15.6. The van der Waals surface area contributed by atoms with E-state index in [1.807, 2.05) is 0 Å². The van der Waals surface area contributed by atoms with Gasteiger partial charge in [-0.25, -0.2) is 0 Å². The van der Waals surface area contributed by atoms with E-state index in [2.05, 4.69) is 48.1 Å². The van der Waals surface area contributed by atoms with E-state index in [-0.39, 0.29) is 58.2 Å². The minimum Gasteiger partial charge on any atom is -0.481 e. The number of hydrogen-bond acceptors (Lipinski definition) is 5. The normalized spacial score (nSPS) is 43.3. The second kappa shape index (κ2) is 11.2. The molecule has 0 bridgehead atoms. The van der Waals surface area contributed by atoms with Crippen LogP contribution < -0.4 is 0 Å². The lowest BCUT2D eigenvalue weighted by molar-refractivity contribution is -0.217. The van der Waals surface area contributed by atoms with Gasteiger partial charge in [-0.2, -0.15) is 0 Å². The monoisotopic (exact) mass is 640 g/mol. The first-order chi connectivity index (χ1) is 21.1. The topological polar surface area (TPSA) is 118 Å². The quantitative estimate of drug-likeness (QED) is 0.192. The number of carboxylic acid groups (broad SMARTS) is 2. The predicted octanol–water partition coefficient (Wildman–Crippen LogP) is 8.35. The molecular formula is C39H60O7. The Morgan fingerprint density at radius 1 is 0.891 bits per heavy atom. The summed E-state index contributed by atoms with van der Waals surface area (Å²) >= 11 is 0. The van der Waals surface area contributed by atoms with Crippen LogP contribution in [0.2, 0.25) is 0 Å². The zero-order chi connectivity index (χ0) is 34.4. The Labute approximate surface area is 276 Å². The van der Waals surface area contributed by atoms with Crippen LogP contribution in [0.5, 0.6) is 0 Å². The van der Waals surface area contributed by atoms with Crippen LogP contribution >= 0.6 is 0 Å². The Bertz CT molecular complexity index is 1310. The molecule has 5 fully saturated rings. The number of hydrogen-bond donors (Lipinski definition) is 2. The Balaban J connectivity index is 1.46. The zero-order valence-electron chi connectivity index (χ0n) is 30.0. The summed E-state index contributed by atoms with van der Waals surface area (Å²) < 4.78 is 6.21. The molecule has 0 heterocycles. The van der Waals surface area contributed by atoms with Gasteiger partial charge in [0.2, 0.25) is 0 Å². The van der Waals surface area contributed by atoms with Crippen molar-refractivity contribution in [3.63, 3.8) is 0 Å². The number of allylic oxidation sites excluding steroid dienone is 1. The van der Waals surface area contributed by atoms with Gasteiger partial charge in [0.25, 0.3) is 0 Å². The second-order valence-corrected chi connectivity index (χ2v) is 18.6. The van der Waals surface area contributed by atoms with E-state index in [0.717, 1.165) is 63.4 Å². The van der Waals surface area contributed by atoms with E-state index < -0.39 is 34.7 Å². The van der Waals surface area contributed by atoms with Gasteiger partial charge < -0.3 is 14.9 Å². The number of rotatable bonds is 9. The number of ether oxygens (including phenoxy) is 1. The Kier molecular flexibility index (Phi) is 8.54. The molecule has 5 aliphatic carbocycles. The van der Waals surface area contributed by atoms with Crippen molar-refractivity contribution in [2.75, 3.05) is 0 Å². The molecule has 0 radical (unpaired) electrons. The molecule has 258 valence electrons. The fourth-order valence-electron chi connectivity index (χ4n) is 12.8. The third kappa shape index (κ3) is 4.94. The molecule has 5 saturated carbocycles.